The lowest BCUT2D eigenvalue weighted by atomic mass is 9.98. The Morgan fingerprint density at radius 2 is 2.04 bits per heavy atom. The van der Waals surface area contributed by atoms with Gasteiger partial charge in [0.15, 0.2) is 0 Å². The molecule has 3 rings (SSSR count). The monoisotopic (exact) mass is 367 g/mol. The van der Waals surface area contributed by atoms with E-state index in [9.17, 15) is 18.8 Å². The summed E-state index contributed by atoms with van der Waals surface area (Å²) in [5.74, 6) is -1.19. The molecular weight excluding hydrogens is 349 g/mol. The second-order valence-corrected chi connectivity index (χ2v) is 6.89. The summed E-state index contributed by atoms with van der Waals surface area (Å²) in [5, 5.41) is 5.50. The van der Waals surface area contributed by atoms with Crippen molar-refractivity contribution in [2.24, 2.45) is 0 Å². The summed E-state index contributed by atoms with van der Waals surface area (Å²) in [6.07, 6.45) is 3.58. The van der Waals surface area contributed by atoms with E-state index in [1.165, 1.54) is 17.0 Å². The van der Waals surface area contributed by atoms with E-state index >= 15 is 0 Å². The summed E-state index contributed by atoms with van der Waals surface area (Å²) >= 11 is 5.66. The number of hydrogen-bond donors (Lipinski definition) is 2. The number of benzene rings is 1. The third kappa shape index (κ3) is 3.61. The Kier molecular flexibility index (Phi) is 4.94. The minimum absolute atomic E-state index is 0.0503. The van der Waals surface area contributed by atoms with E-state index in [1.807, 2.05) is 0 Å². The molecule has 4 amide bonds. The number of anilines is 1. The first-order valence-corrected chi connectivity index (χ1v) is 8.68. The Hall–Kier alpha value is -2.15. The highest BCUT2D eigenvalue weighted by atomic mass is 35.5. The largest absolute Gasteiger partial charge is 0.325 e. The summed E-state index contributed by atoms with van der Waals surface area (Å²) in [5.41, 5.74) is -0.680. The first kappa shape index (κ1) is 17.7. The van der Waals surface area contributed by atoms with Gasteiger partial charge in [0.2, 0.25) is 5.91 Å². The van der Waals surface area contributed by atoms with E-state index in [-0.39, 0.29) is 35.5 Å². The highest BCUT2D eigenvalue weighted by Crippen LogP contribution is 2.35. The number of nitrogens with zero attached hydrogens (tertiary/aromatic N) is 1. The van der Waals surface area contributed by atoms with Crippen LogP contribution in [0.4, 0.5) is 14.9 Å². The lowest BCUT2D eigenvalue weighted by Crippen LogP contribution is -2.44. The zero-order valence-corrected chi connectivity index (χ0v) is 14.4. The van der Waals surface area contributed by atoms with Crippen LogP contribution in [-0.4, -0.2) is 34.8 Å². The van der Waals surface area contributed by atoms with Gasteiger partial charge in [0, 0.05) is 18.0 Å². The van der Waals surface area contributed by atoms with Crippen molar-refractivity contribution in [3.63, 3.8) is 0 Å². The molecule has 1 heterocycles. The molecule has 0 aromatic heterocycles. The van der Waals surface area contributed by atoms with Crippen molar-refractivity contribution in [2.75, 3.05) is 11.9 Å². The number of carbonyl (C=O) groups is 3. The van der Waals surface area contributed by atoms with E-state index in [0.29, 0.717) is 19.3 Å². The molecule has 6 nitrogen and oxygen atoms in total. The molecule has 0 bridgehead atoms. The van der Waals surface area contributed by atoms with Gasteiger partial charge in [-0.3, -0.25) is 14.5 Å². The first-order chi connectivity index (χ1) is 11.9. The molecule has 1 spiro atoms. The van der Waals surface area contributed by atoms with Crippen LogP contribution in [0.1, 0.15) is 38.5 Å². The van der Waals surface area contributed by atoms with Gasteiger partial charge in [0.25, 0.3) is 5.91 Å². The Bertz CT molecular complexity index is 719. The van der Waals surface area contributed by atoms with Gasteiger partial charge in [-0.25, -0.2) is 9.18 Å². The number of urea groups is 1. The number of amides is 4. The number of halogens is 2. The molecule has 0 radical (unpaired) electrons. The summed E-state index contributed by atoms with van der Waals surface area (Å²) in [6, 6.07) is 3.59. The average molecular weight is 368 g/mol. The SMILES string of the molecule is O=C(CCCN1C(=O)NC2(CCCC2)C1=O)Nc1ccc(Cl)cc1F. The van der Waals surface area contributed by atoms with Crippen LogP contribution in [0.2, 0.25) is 5.02 Å². The van der Waals surface area contributed by atoms with E-state index in [0.717, 1.165) is 18.9 Å². The van der Waals surface area contributed by atoms with Crippen LogP contribution in [0.15, 0.2) is 18.2 Å². The Morgan fingerprint density at radius 3 is 2.72 bits per heavy atom. The van der Waals surface area contributed by atoms with Crippen LogP contribution in [0.25, 0.3) is 0 Å². The zero-order chi connectivity index (χ0) is 18.0. The highest BCUT2D eigenvalue weighted by Gasteiger charge is 2.51. The van der Waals surface area contributed by atoms with Crippen LogP contribution >= 0.6 is 11.6 Å². The molecule has 1 aromatic rings. The standard InChI is InChI=1S/C17H19ClFN3O3/c18-11-5-6-13(12(19)10-11)20-14(23)4-3-9-22-15(24)17(21-16(22)25)7-1-2-8-17/h5-6,10H,1-4,7-9H2,(H,20,23)(H,21,25). The molecule has 1 saturated carbocycles. The zero-order valence-electron chi connectivity index (χ0n) is 13.6. The molecule has 0 atom stereocenters. The van der Waals surface area contributed by atoms with Crippen molar-refractivity contribution in [2.45, 2.75) is 44.1 Å². The molecule has 1 aliphatic heterocycles. The van der Waals surface area contributed by atoms with Gasteiger partial charge in [-0.1, -0.05) is 24.4 Å². The predicted octanol–water partition coefficient (Wildman–Crippen LogP) is 3.06. The van der Waals surface area contributed by atoms with Crippen LogP contribution in [0.5, 0.6) is 0 Å². The van der Waals surface area contributed by atoms with E-state index in [4.69, 9.17) is 11.6 Å². The Morgan fingerprint density at radius 1 is 1.32 bits per heavy atom. The first-order valence-electron chi connectivity index (χ1n) is 8.30. The second kappa shape index (κ2) is 7.00. The average Bonchev–Trinajstić information content (AvgIpc) is 3.11. The van der Waals surface area contributed by atoms with Crippen molar-refractivity contribution in [3.8, 4) is 0 Å². The lowest BCUT2D eigenvalue weighted by molar-refractivity contribution is -0.131. The lowest BCUT2D eigenvalue weighted by Gasteiger charge is -2.19. The van der Waals surface area contributed by atoms with Crippen LogP contribution < -0.4 is 10.6 Å². The molecular formula is C17H19ClFN3O3. The Labute approximate surface area is 149 Å². The number of hydrogen-bond acceptors (Lipinski definition) is 3. The van der Waals surface area contributed by atoms with Gasteiger partial charge in [0.1, 0.15) is 11.4 Å². The number of nitrogens with one attached hydrogen (secondary N) is 2. The molecule has 1 aromatic carbocycles. The predicted molar refractivity (Wildman–Crippen MR) is 90.7 cm³/mol. The fourth-order valence-corrected chi connectivity index (χ4v) is 3.56. The van der Waals surface area contributed by atoms with Crippen molar-refractivity contribution >= 4 is 35.1 Å². The van der Waals surface area contributed by atoms with Gasteiger partial charge in [-0.2, -0.15) is 0 Å². The fourth-order valence-electron chi connectivity index (χ4n) is 3.40. The van der Waals surface area contributed by atoms with Gasteiger partial charge in [-0.05, 0) is 37.5 Å². The van der Waals surface area contributed by atoms with Crippen LogP contribution in [0.3, 0.4) is 0 Å². The summed E-state index contributed by atoms with van der Waals surface area (Å²) < 4.78 is 13.6. The van der Waals surface area contributed by atoms with Gasteiger partial charge < -0.3 is 10.6 Å². The fraction of sp³-hybridized carbons (Fsp3) is 0.471. The smallest absolute Gasteiger partial charge is 0.324 e. The molecule has 8 heteroatoms. The molecule has 2 N–H and O–H groups in total. The number of rotatable bonds is 5. The third-order valence-electron chi connectivity index (χ3n) is 4.69. The second-order valence-electron chi connectivity index (χ2n) is 6.45. The maximum Gasteiger partial charge on any atom is 0.325 e. The third-order valence-corrected chi connectivity index (χ3v) is 4.93. The molecule has 25 heavy (non-hydrogen) atoms. The van der Waals surface area contributed by atoms with E-state index < -0.39 is 17.4 Å². The summed E-state index contributed by atoms with van der Waals surface area (Å²) in [4.78, 5) is 37.6. The van der Waals surface area contributed by atoms with Crippen molar-refractivity contribution in [1.82, 2.24) is 10.2 Å². The maximum atomic E-state index is 13.6. The Balaban J connectivity index is 1.50. The molecule has 2 fully saturated rings. The molecule has 1 saturated heterocycles. The van der Waals surface area contributed by atoms with E-state index in [1.54, 1.807) is 0 Å². The number of carbonyl (C=O) groups excluding carboxylic acids is 3. The van der Waals surface area contributed by atoms with Gasteiger partial charge >= 0.3 is 6.03 Å². The van der Waals surface area contributed by atoms with Crippen molar-refractivity contribution in [1.29, 1.82) is 0 Å². The summed E-state index contributed by atoms with van der Waals surface area (Å²) in [7, 11) is 0. The van der Waals surface area contributed by atoms with Crippen LogP contribution in [-0.2, 0) is 9.59 Å². The maximum absolute atomic E-state index is 13.6. The van der Waals surface area contributed by atoms with Gasteiger partial charge in [-0.15, -0.1) is 0 Å². The highest BCUT2D eigenvalue weighted by molar-refractivity contribution is 6.30. The molecule has 0 unspecified atom stereocenters. The number of imide groups is 1. The van der Waals surface area contributed by atoms with E-state index in [2.05, 4.69) is 10.6 Å². The molecule has 2 aliphatic rings. The molecule has 134 valence electrons. The van der Waals surface area contributed by atoms with Gasteiger partial charge in [0.05, 0.1) is 5.69 Å². The topological polar surface area (TPSA) is 78.5 Å². The minimum atomic E-state index is -0.730. The van der Waals surface area contributed by atoms with Crippen molar-refractivity contribution in [3.05, 3.63) is 29.0 Å². The normalized spacial score (nSPS) is 18.7. The quantitative estimate of drug-likeness (QED) is 0.785. The minimum Gasteiger partial charge on any atom is -0.324 e. The molecule has 1 aliphatic carbocycles. The summed E-state index contributed by atoms with van der Waals surface area (Å²) in [6.45, 7) is 0.170. The van der Waals surface area contributed by atoms with Crippen molar-refractivity contribution < 1.29 is 18.8 Å². The van der Waals surface area contributed by atoms with Crippen LogP contribution in [0, 0.1) is 5.82 Å².